The Bertz CT molecular complexity index is 871. The summed E-state index contributed by atoms with van der Waals surface area (Å²) in [6.07, 6.45) is 4.41. The molecule has 1 N–H and O–H groups in total. The molecule has 1 heterocycles. The highest BCUT2D eigenvalue weighted by Crippen LogP contribution is 2.25. The van der Waals surface area contributed by atoms with Crippen LogP contribution in [0.4, 0.5) is 5.69 Å². The first kappa shape index (κ1) is 20.6. The lowest BCUT2D eigenvalue weighted by molar-refractivity contribution is 0.382. The first-order chi connectivity index (χ1) is 14.1. The van der Waals surface area contributed by atoms with Crippen LogP contribution in [0.1, 0.15) is 11.1 Å². The number of nitrogens with one attached hydrogen (secondary N) is 1. The van der Waals surface area contributed by atoms with Gasteiger partial charge in [-0.2, -0.15) is 0 Å². The number of ether oxygens (including phenoxy) is 2. The van der Waals surface area contributed by atoms with Gasteiger partial charge in [-0.05, 0) is 29.8 Å². The first-order valence-electron chi connectivity index (χ1n) is 9.76. The molecule has 0 aromatic heterocycles. The van der Waals surface area contributed by atoms with Crippen molar-refractivity contribution in [3.63, 3.8) is 0 Å². The maximum absolute atomic E-state index is 5.52. The Morgan fingerprint density at radius 2 is 1.90 bits per heavy atom. The minimum Gasteiger partial charge on any atom is -0.497 e. The highest BCUT2D eigenvalue weighted by atomic mass is 16.5. The van der Waals surface area contributed by atoms with E-state index in [0.717, 1.165) is 36.1 Å². The normalized spacial score (nSPS) is 13.5. The summed E-state index contributed by atoms with van der Waals surface area (Å²) in [5.74, 6) is 2.42. The van der Waals surface area contributed by atoms with Gasteiger partial charge in [-0.25, -0.2) is 0 Å². The lowest BCUT2D eigenvalue weighted by Crippen LogP contribution is -2.38. The number of guanidine groups is 1. The Balaban J connectivity index is 1.62. The zero-order chi connectivity index (χ0) is 20.6. The summed E-state index contributed by atoms with van der Waals surface area (Å²) in [4.78, 5) is 8.86. The summed E-state index contributed by atoms with van der Waals surface area (Å²) in [6, 6.07) is 14.5. The molecule has 2 aromatic carbocycles. The molecule has 3 rings (SSSR count). The van der Waals surface area contributed by atoms with Crippen LogP contribution in [0.3, 0.4) is 0 Å². The SMILES string of the molecule is CN=C(NCc1cccc(N2CC=CC2)c1)N(C)Cc1ccc(OC)cc1OC. The van der Waals surface area contributed by atoms with Gasteiger partial charge >= 0.3 is 0 Å². The van der Waals surface area contributed by atoms with Crippen molar-refractivity contribution in [1.29, 1.82) is 0 Å². The van der Waals surface area contributed by atoms with Crippen LogP contribution < -0.4 is 19.7 Å². The van der Waals surface area contributed by atoms with Gasteiger partial charge in [0.2, 0.25) is 0 Å². The maximum atomic E-state index is 5.52. The summed E-state index contributed by atoms with van der Waals surface area (Å²) in [5, 5.41) is 3.46. The second-order valence-corrected chi connectivity index (χ2v) is 6.98. The zero-order valence-electron chi connectivity index (χ0n) is 17.7. The third-order valence-electron chi connectivity index (χ3n) is 5.02. The third kappa shape index (κ3) is 5.22. The number of methoxy groups -OCH3 is 2. The molecule has 0 saturated carbocycles. The smallest absolute Gasteiger partial charge is 0.193 e. The van der Waals surface area contributed by atoms with E-state index < -0.39 is 0 Å². The molecule has 6 nitrogen and oxygen atoms in total. The average molecular weight is 395 g/mol. The van der Waals surface area contributed by atoms with Crippen molar-refractivity contribution in [1.82, 2.24) is 10.2 Å². The van der Waals surface area contributed by atoms with Gasteiger partial charge in [0.1, 0.15) is 11.5 Å². The summed E-state index contributed by atoms with van der Waals surface area (Å²) in [5.41, 5.74) is 3.55. The summed E-state index contributed by atoms with van der Waals surface area (Å²) in [6.45, 7) is 3.34. The van der Waals surface area contributed by atoms with Crippen LogP contribution in [0.15, 0.2) is 59.6 Å². The first-order valence-corrected chi connectivity index (χ1v) is 9.76. The van der Waals surface area contributed by atoms with Crippen molar-refractivity contribution in [3.8, 4) is 11.5 Å². The second-order valence-electron chi connectivity index (χ2n) is 6.98. The van der Waals surface area contributed by atoms with E-state index in [-0.39, 0.29) is 0 Å². The van der Waals surface area contributed by atoms with Gasteiger partial charge in [-0.3, -0.25) is 4.99 Å². The lowest BCUT2D eigenvalue weighted by Gasteiger charge is -2.24. The van der Waals surface area contributed by atoms with Crippen molar-refractivity contribution >= 4 is 11.6 Å². The fraction of sp³-hybridized carbons (Fsp3) is 0.348. The van der Waals surface area contributed by atoms with Gasteiger partial charge in [-0.1, -0.05) is 24.3 Å². The molecule has 0 spiro atoms. The van der Waals surface area contributed by atoms with Crippen molar-refractivity contribution in [2.75, 3.05) is 46.3 Å². The minimum atomic E-state index is 0.673. The number of anilines is 1. The minimum absolute atomic E-state index is 0.673. The van der Waals surface area contributed by atoms with Gasteiger partial charge in [0, 0.05) is 57.6 Å². The van der Waals surface area contributed by atoms with Crippen molar-refractivity contribution in [2.45, 2.75) is 13.1 Å². The monoisotopic (exact) mass is 394 g/mol. The van der Waals surface area contributed by atoms with E-state index in [1.807, 2.05) is 25.2 Å². The van der Waals surface area contributed by atoms with E-state index in [1.54, 1.807) is 21.3 Å². The molecule has 1 aliphatic heterocycles. The molecule has 0 aliphatic carbocycles. The van der Waals surface area contributed by atoms with E-state index in [4.69, 9.17) is 9.47 Å². The van der Waals surface area contributed by atoms with Gasteiger partial charge in [0.05, 0.1) is 14.2 Å². The van der Waals surface area contributed by atoms with Crippen LogP contribution in [-0.2, 0) is 13.1 Å². The van der Waals surface area contributed by atoms with Crippen LogP contribution in [0.2, 0.25) is 0 Å². The van der Waals surface area contributed by atoms with E-state index in [9.17, 15) is 0 Å². The number of hydrogen-bond donors (Lipinski definition) is 1. The quantitative estimate of drug-likeness (QED) is 0.444. The molecular formula is C23H30N4O2. The van der Waals surface area contributed by atoms with Crippen molar-refractivity contribution in [2.24, 2.45) is 4.99 Å². The largest absolute Gasteiger partial charge is 0.497 e. The van der Waals surface area contributed by atoms with E-state index >= 15 is 0 Å². The van der Waals surface area contributed by atoms with E-state index in [1.165, 1.54) is 11.3 Å². The number of rotatable bonds is 7. The van der Waals surface area contributed by atoms with Gasteiger partial charge in [-0.15, -0.1) is 0 Å². The highest BCUT2D eigenvalue weighted by molar-refractivity contribution is 5.79. The van der Waals surface area contributed by atoms with Crippen LogP contribution in [0.5, 0.6) is 11.5 Å². The van der Waals surface area contributed by atoms with Crippen LogP contribution >= 0.6 is 0 Å². The molecule has 0 atom stereocenters. The predicted octanol–water partition coefficient (Wildman–Crippen LogP) is 3.29. The van der Waals surface area contributed by atoms with Gasteiger partial charge < -0.3 is 24.6 Å². The van der Waals surface area contributed by atoms with Crippen molar-refractivity contribution in [3.05, 3.63) is 65.7 Å². The Hall–Kier alpha value is -3.15. The molecule has 2 aromatic rings. The lowest BCUT2D eigenvalue weighted by atomic mass is 10.1. The molecule has 6 heteroatoms. The molecule has 0 amide bonds. The van der Waals surface area contributed by atoms with Gasteiger partial charge in [0.25, 0.3) is 0 Å². The number of aliphatic imine (C=N–C) groups is 1. The van der Waals surface area contributed by atoms with E-state index in [0.29, 0.717) is 13.1 Å². The fourth-order valence-electron chi connectivity index (χ4n) is 3.43. The van der Waals surface area contributed by atoms with Crippen LogP contribution in [0, 0.1) is 0 Å². The summed E-state index contributed by atoms with van der Waals surface area (Å²) in [7, 11) is 7.15. The van der Waals surface area contributed by atoms with Crippen LogP contribution in [0.25, 0.3) is 0 Å². The molecule has 0 saturated heterocycles. The molecule has 0 bridgehead atoms. The molecule has 29 heavy (non-hydrogen) atoms. The Labute approximate surface area is 173 Å². The summed E-state index contributed by atoms with van der Waals surface area (Å²) < 4.78 is 10.8. The fourth-order valence-corrected chi connectivity index (χ4v) is 3.43. The summed E-state index contributed by atoms with van der Waals surface area (Å²) >= 11 is 0. The number of hydrogen-bond acceptors (Lipinski definition) is 4. The Morgan fingerprint density at radius 3 is 2.59 bits per heavy atom. The van der Waals surface area contributed by atoms with Gasteiger partial charge in [0.15, 0.2) is 5.96 Å². The highest BCUT2D eigenvalue weighted by Gasteiger charge is 2.12. The van der Waals surface area contributed by atoms with Crippen molar-refractivity contribution < 1.29 is 9.47 Å². The molecule has 0 fully saturated rings. The topological polar surface area (TPSA) is 49.3 Å². The average Bonchev–Trinajstić information content (AvgIpc) is 3.29. The zero-order valence-corrected chi connectivity index (χ0v) is 17.7. The second kappa shape index (κ2) is 9.87. The standard InChI is InChI=1S/C23H30N4O2/c1-24-23(26(2)17-19-10-11-21(28-3)15-22(19)29-4)25-16-18-8-7-9-20(14-18)27-12-5-6-13-27/h5-11,14-15H,12-13,16-17H2,1-4H3,(H,24,25). The molecule has 1 aliphatic rings. The van der Waals surface area contributed by atoms with E-state index in [2.05, 4.69) is 56.5 Å². The number of nitrogens with zero attached hydrogens (tertiary/aromatic N) is 3. The molecular weight excluding hydrogens is 364 g/mol. The third-order valence-corrected chi connectivity index (χ3v) is 5.02. The Kier molecular flexibility index (Phi) is 7.00. The molecule has 0 unspecified atom stereocenters. The Morgan fingerprint density at radius 1 is 1.10 bits per heavy atom. The number of benzene rings is 2. The molecule has 154 valence electrons. The predicted molar refractivity (Wildman–Crippen MR) is 119 cm³/mol. The maximum Gasteiger partial charge on any atom is 0.193 e. The molecule has 0 radical (unpaired) electrons. The van der Waals surface area contributed by atoms with Crippen LogP contribution in [-0.4, -0.2) is 52.3 Å².